The third-order valence-corrected chi connectivity index (χ3v) is 6.01. The molecule has 0 spiro atoms. The number of anilines is 3. The first-order chi connectivity index (χ1) is 17.3. The molecule has 3 aromatic rings. The van der Waals surface area contributed by atoms with Gasteiger partial charge in [0.1, 0.15) is 5.82 Å². The Morgan fingerprint density at radius 3 is 2.14 bits per heavy atom. The molecule has 2 amide bonds. The van der Waals surface area contributed by atoms with E-state index in [1.165, 1.54) is 36.4 Å². The van der Waals surface area contributed by atoms with Gasteiger partial charge in [-0.15, -0.1) is 0 Å². The standard InChI is InChI=1S/C27H27FN4O4/c1-18-2-4-19(5-3-18)26(34)30-23-16-20(27(35)36)6-11-24(23)32-14-12-31(13-15-32)17-25(33)29-22-9-7-21(28)8-10-22/h2-11,16H,12-15,17H2,1H3,(H,29,33)(H,30,34)(H,35,36). The molecule has 3 aromatic carbocycles. The van der Waals surface area contributed by atoms with Crippen molar-refractivity contribution < 1.29 is 23.9 Å². The molecule has 1 saturated heterocycles. The lowest BCUT2D eigenvalue weighted by Crippen LogP contribution is -2.48. The molecule has 1 fully saturated rings. The quantitative estimate of drug-likeness (QED) is 0.465. The molecule has 0 unspecified atom stereocenters. The largest absolute Gasteiger partial charge is 0.478 e. The lowest BCUT2D eigenvalue weighted by molar-refractivity contribution is -0.117. The number of aryl methyl sites for hydroxylation is 1. The number of carboxylic acids is 1. The van der Waals surface area contributed by atoms with E-state index in [0.717, 1.165) is 11.3 Å². The summed E-state index contributed by atoms with van der Waals surface area (Å²) < 4.78 is 13.1. The van der Waals surface area contributed by atoms with Gasteiger partial charge in [-0.25, -0.2) is 9.18 Å². The van der Waals surface area contributed by atoms with Crippen molar-refractivity contribution in [3.8, 4) is 0 Å². The number of amides is 2. The Morgan fingerprint density at radius 1 is 0.861 bits per heavy atom. The molecule has 0 radical (unpaired) electrons. The van der Waals surface area contributed by atoms with Crippen molar-refractivity contribution in [2.45, 2.75) is 6.92 Å². The summed E-state index contributed by atoms with van der Waals surface area (Å²) in [7, 11) is 0. The molecule has 36 heavy (non-hydrogen) atoms. The third-order valence-electron chi connectivity index (χ3n) is 6.01. The molecule has 9 heteroatoms. The van der Waals surface area contributed by atoms with Crippen LogP contribution in [0.1, 0.15) is 26.3 Å². The molecule has 0 atom stereocenters. The SMILES string of the molecule is Cc1ccc(C(=O)Nc2cc(C(=O)O)ccc2N2CCN(CC(=O)Nc3ccc(F)cc3)CC2)cc1. The van der Waals surface area contributed by atoms with E-state index in [4.69, 9.17) is 0 Å². The van der Waals surface area contributed by atoms with Crippen LogP contribution in [0, 0.1) is 12.7 Å². The number of hydrogen-bond acceptors (Lipinski definition) is 5. The smallest absolute Gasteiger partial charge is 0.335 e. The van der Waals surface area contributed by atoms with E-state index in [0.29, 0.717) is 43.1 Å². The number of carbonyl (C=O) groups excluding carboxylic acids is 2. The van der Waals surface area contributed by atoms with Gasteiger partial charge in [-0.1, -0.05) is 17.7 Å². The number of rotatable bonds is 7. The Labute approximate surface area is 208 Å². The van der Waals surface area contributed by atoms with Crippen LogP contribution in [0.15, 0.2) is 66.7 Å². The maximum absolute atomic E-state index is 13.1. The highest BCUT2D eigenvalue weighted by Gasteiger charge is 2.22. The number of halogens is 1. The van der Waals surface area contributed by atoms with Crippen LogP contribution >= 0.6 is 0 Å². The van der Waals surface area contributed by atoms with E-state index in [2.05, 4.69) is 15.5 Å². The minimum Gasteiger partial charge on any atom is -0.478 e. The number of nitrogens with one attached hydrogen (secondary N) is 2. The Hall–Kier alpha value is -4.24. The van der Waals surface area contributed by atoms with Gasteiger partial charge in [0.15, 0.2) is 0 Å². The fourth-order valence-electron chi connectivity index (χ4n) is 4.03. The minimum absolute atomic E-state index is 0.0778. The lowest BCUT2D eigenvalue weighted by atomic mass is 10.1. The van der Waals surface area contributed by atoms with Gasteiger partial charge in [-0.3, -0.25) is 14.5 Å². The first-order valence-electron chi connectivity index (χ1n) is 11.6. The summed E-state index contributed by atoms with van der Waals surface area (Å²) in [6, 6.07) is 17.4. The van der Waals surface area contributed by atoms with Crippen LogP contribution in [0.5, 0.6) is 0 Å². The maximum Gasteiger partial charge on any atom is 0.335 e. The maximum atomic E-state index is 13.1. The van der Waals surface area contributed by atoms with E-state index in [1.54, 1.807) is 18.2 Å². The fourth-order valence-corrected chi connectivity index (χ4v) is 4.03. The van der Waals surface area contributed by atoms with Crippen molar-refractivity contribution in [2.24, 2.45) is 0 Å². The zero-order valence-electron chi connectivity index (χ0n) is 19.8. The van der Waals surface area contributed by atoms with Gasteiger partial charge in [0.2, 0.25) is 5.91 Å². The average Bonchev–Trinajstić information content (AvgIpc) is 2.86. The highest BCUT2D eigenvalue weighted by molar-refractivity contribution is 6.06. The second-order valence-corrected chi connectivity index (χ2v) is 8.68. The van der Waals surface area contributed by atoms with Crippen LogP contribution in [0.25, 0.3) is 0 Å². The fraction of sp³-hybridized carbons (Fsp3) is 0.222. The summed E-state index contributed by atoms with van der Waals surface area (Å²) in [5.74, 6) is -1.96. The monoisotopic (exact) mass is 490 g/mol. The van der Waals surface area contributed by atoms with Gasteiger partial charge < -0.3 is 20.6 Å². The number of piperazine rings is 1. The molecule has 8 nitrogen and oxygen atoms in total. The molecule has 4 rings (SSSR count). The average molecular weight is 491 g/mol. The highest BCUT2D eigenvalue weighted by Crippen LogP contribution is 2.29. The summed E-state index contributed by atoms with van der Waals surface area (Å²) in [6.07, 6.45) is 0. The van der Waals surface area contributed by atoms with Crippen LogP contribution in [-0.4, -0.2) is 60.5 Å². The third kappa shape index (κ3) is 6.25. The van der Waals surface area contributed by atoms with E-state index >= 15 is 0 Å². The van der Waals surface area contributed by atoms with Crippen LogP contribution in [0.2, 0.25) is 0 Å². The van der Waals surface area contributed by atoms with Crippen LogP contribution < -0.4 is 15.5 Å². The van der Waals surface area contributed by atoms with Crippen LogP contribution in [0.4, 0.5) is 21.5 Å². The van der Waals surface area contributed by atoms with Crippen LogP contribution in [0.3, 0.4) is 0 Å². The number of aromatic carboxylic acids is 1. The van der Waals surface area contributed by atoms with Crippen molar-refractivity contribution in [1.82, 2.24) is 4.90 Å². The van der Waals surface area contributed by atoms with Gasteiger partial charge in [0.25, 0.3) is 5.91 Å². The molecule has 0 aromatic heterocycles. The van der Waals surface area contributed by atoms with Crippen molar-refractivity contribution >= 4 is 34.8 Å². The number of hydrogen-bond donors (Lipinski definition) is 3. The summed E-state index contributed by atoms with van der Waals surface area (Å²) in [4.78, 5) is 40.8. The second-order valence-electron chi connectivity index (χ2n) is 8.68. The molecule has 3 N–H and O–H groups in total. The molecule has 1 heterocycles. The summed E-state index contributed by atoms with van der Waals surface area (Å²) in [5.41, 5.74) is 3.26. The topological polar surface area (TPSA) is 102 Å². The molecular weight excluding hydrogens is 463 g/mol. The normalized spacial score (nSPS) is 13.8. The van der Waals surface area contributed by atoms with Crippen molar-refractivity contribution in [2.75, 3.05) is 48.3 Å². The van der Waals surface area contributed by atoms with E-state index in [9.17, 15) is 23.9 Å². The van der Waals surface area contributed by atoms with Gasteiger partial charge in [-0.2, -0.15) is 0 Å². The highest BCUT2D eigenvalue weighted by atomic mass is 19.1. The first-order valence-corrected chi connectivity index (χ1v) is 11.6. The number of benzene rings is 3. The molecule has 0 bridgehead atoms. The van der Waals surface area contributed by atoms with Crippen molar-refractivity contribution in [3.05, 3.63) is 89.2 Å². The van der Waals surface area contributed by atoms with E-state index in [-0.39, 0.29) is 29.7 Å². The number of carbonyl (C=O) groups is 3. The zero-order chi connectivity index (χ0) is 25.7. The van der Waals surface area contributed by atoms with Gasteiger partial charge in [0, 0.05) is 37.4 Å². The Morgan fingerprint density at radius 2 is 1.50 bits per heavy atom. The van der Waals surface area contributed by atoms with Crippen molar-refractivity contribution in [1.29, 1.82) is 0 Å². The molecule has 186 valence electrons. The summed E-state index contributed by atoms with van der Waals surface area (Å²) >= 11 is 0. The Bertz CT molecular complexity index is 1250. The molecular formula is C27H27FN4O4. The van der Waals surface area contributed by atoms with Gasteiger partial charge in [0.05, 0.1) is 23.5 Å². The molecule has 0 aliphatic carbocycles. The Balaban J connectivity index is 1.41. The molecule has 1 aliphatic heterocycles. The second kappa shape index (κ2) is 11.0. The summed E-state index contributed by atoms with van der Waals surface area (Å²) in [5, 5.41) is 15.1. The summed E-state index contributed by atoms with van der Waals surface area (Å²) in [6.45, 7) is 4.50. The first kappa shape index (κ1) is 24.9. The van der Waals surface area contributed by atoms with Crippen LogP contribution in [-0.2, 0) is 4.79 Å². The van der Waals surface area contributed by atoms with E-state index in [1.807, 2.05) is 24.0 Å². The van der Waals surface area contributed by atoms with Crippen molar-refractivity contribution in [3.63, 3.8) is 0 Å². The van der Waals surface area contributed by atoms with Gasteiger partial charge in [-0.05, 0) is 61.5 Å². The lowest BCUT2D eigenvalue weighted by Gasteiger charge is -2.36. The molecule has 1 aliphatic rings. The minimum atomic E-state index is -1.08. The molecule has 0 saturated carbocycles. The van der Waals surface area contributed by atoms with E-state index < -0.39 is 5.97 Å². The predicted octanol–water partition coefficient (Wildman–Crippen LogP) is 3.85. The predicted molar refractivity (Wildman–Crippen MR) is 136 cm³/mol. The number of nitrogens with zero attached hydrogens (tertiary/aromatic N) is 2. The zero-order valence-corrected chi connectivity index (χ0v) is 19.8. The Kier molecular flexibility index (Phi) is 7.60. The van der Waals surface area contributed by atoms with Gasteiger partial charge >= 0.3 is 5.97 Å². The number of carboxylic acid groups (broad SMARTS) is 1.